The van der Waals surface area contributed by atoms with Crippen LogP contribution in [0.4, 0.5) is 5.69 Å². The van der Waals surface area contributed by atoms with Gasteiger partial charge in [-0.1, -0.05) is 18.2 Å². The number of carbonyl (C=O) groups excluding carboxylic acids is 4. The minimum absolute atomic E-state index is 0.0171. The minimum Gasteiger partial charge on any atom is -0.454 e. The van der Waals surface area contributed by atoms with E-state index in [1.54, 1.807) is 12.1 Å². The summed E-state index contributed by atoms with van der Waals surface area (Å²) in [6.45, 7) is 0.647. The van der Waals surface area contributed by atoms with Gasteiger partial charge in [-0.25, -0.2) is 17.5 Å². The molecule has 1 aliphatic rings. The highest BCUT2D eigenvalue weighted by Crippen LogP contribution is 2.25. The van der Waals surface area contributed by atoms with Crippen LogP contribution >= 0.6 is 0 Å². The summed E-state index contributed by atoms with van der Waals surface area (Å²) >= 11 is 0. The molecule has 3 rings (SSSR count). The first kappa shape index (κ1) is 23.1. The quantitative estimate of drug-likeness (QED) is 0.485. The van der Waals surface area contributed by atoms with Gasteiger partial charge in [0.25, 0.3) is 17.7 Å². The number of benzene rings is 2. The van der Waals surface area contributed by atoms with Gasteiger partial charge in [-0.3, -0.25) is 19.3 Å². The third-order valence-corrected chi connectivity index (χ3v) is 6.61. The van der Waals surface area contributed by atoms with Crippen LogP contribution in [0.5, 0.6) is 0 Å². The maximum atomic E-state index is 12.5. The van der Waals surface area contributed by atoms with Crippen LogP contribution in [-0.2, 0) is 24.3 Å². The zero-order valence-electron chi connectivity index (χ0n) is 17.6. The number of hydrogen-bond acceptors (Lipinski definition) is 7. The number of nitrogens with zero attached hydrogens (tertiary/aromatic N) is 2. The molecule has 0 spiro atoms. The van der Waals surface area contributed by atoms with Crippen molar-refractivity contribution < 1.29 is 32.3 Å². The number of anilines is 1. The first-order valence-electron chi connectivity index (χ1n) is 9.50. The molecule has 0 aromatic heterocycles. The van der Waals surface area contributed by atoms with Crippen LogP contribution in [0.15, 0.2) is 53.4 Å². The molecule has 168 valence electrons. The lowest BCUT2D eigenvalue weighted by Gasteiger charge is -2.20. The number of rotatable bonds is 7. The van der Waals surface area contributed by atoms with Crippen LogP contribution in [0.2, 0.25) is 0 Å². The molecule has 0 aliphatic carbocycles. The topological polar surface area (TPSA) is 130 Å². The molecular formula is C21H21N3O7S. The summed E-state index contributed by atoms with van der Waals surface area (Å²) < 4.78 is 30.4. The summed E-state index contributed by atoms with van der Waals surface area (Å²) in [6, 6.07) is 10.6. The summed E-state index contributed by atoms with van der Waals surface area (Å²) in [5, 5.41) is 2.44. The Labute approximate surface area is 184 Å². The Hall–Kier alpha value is -3.57. The molecule has 10 nitrogen and oxygen atoms in total. The zero-order chi connectivity index (χ0) is 23.6. The lowest BCUT2D eigenvalue weighted by molar-refractivity contribution is -0.150. The van der Waals surface area contributed by atoms with Gasteiger partial charge in [0.1, 0.15) is 6.04 Å². The zero-order valence-corrected chi connectivity index (χ0v) is 18.4. The number of carbonyl (C=O) groups is 4. The van der Waals surface area contributed by atoms with Gasteiger partial charge in [-0.05, 0) is 37.3 Å². The molecular weight excluding hydrogens is 438 g/mol. The Kier molecular flexibility index (Phi) is 6.42. The number of fused-ring (bicyclic) bond motifs is 1. The van der Waals surface area contributed by atoms with Crippen LogP contribution in [-0.4, -0.2) is 68.1 Å². The average molecular weight is 459 g/mol. The number of sulfonamides is 1. The van der Waals surface area contributed by atoms with Gasteiger partial charge < -0.3 is 10.1 Å². The molecule has 1 aliphatic heterocycles. The minimum atomic E-state index is -3.69. The summed E-state index contributed by atoms with van der Waals surface area (Å²) in [6.07, 6.45) is 0. The van der Waals surface area contributed by atoms with Crippen molar-refractivity contribution in [3.8, 4) is 0 Å². The molecule has 0 fully saturated rings. The van der Waals surface area contributed by atoms with E-state index in [9.17, 15) is 27.6 Å². The molecule has 1 heterocycles. The van der Waals surface area contributed by atoms with Crippen molar-refractivity contribution >= 4 is 39.4 Å². The van der Waals surface area contributed by atoms with Crippen molar-refractivity contribution in [2.75, 3.05) is 26.0 Å². The van der Waals surface area contributed by atoms with Crippen molar-refractivity contribution in [3.63, 3.8) is 0 Å². The molecule has 2 aromatic carbocycles. The number of imide groups is 1. The van der Waals surface area contributed by atoms with E-state index in [0.29, 0.717) is 0 Å². The van der Waals surface area contributed by atoms with Crippen molar-refractivity contribution in [1.29, 1.82) is 0 Å². The Bertz CT molecular complexity index is 1170. The third-order valence-electron chi connectivity index (χ3n) is 4.80. The van der Waals surface area contributed by atoms with Crippen LogP contribution in [0.25, 0.3) is 0 Å². The lowest BCUT2D eigenvalue weighted by atomic mass is 10.1. The van der Waals surface area contributed by atoms with E-state index in [2.05, 4.69) is 5.32 Å². The molecule has 0 radical (unpaired) electrons. The van der Waals surface area contributed by atoms with Gasteiger partial charge in [0.15, 0.2) is 6.61 Å². The van der Waals surface area contributed by atoms with Crippen LogP contribution in [0.1, 0.15) is 27.6 Å². The van der Waals surface area contributed by atoms with Gasteiger partial charge in [-0.2, -0.15) is 0 Å². The summed E-state index contributed by atoms with van der Waals surface area (Å²) in [5.74, 6) is -2.87. The van der Waals surface area contributed by atoms with E-state index in [1.165, 1.54) is 57.4 Å². The van der Waals surface area contributed by atoms with E-state index < -0.39 is 46.4 Å². The van der Waals surface area contributed by atoms with Gasteiger partial charge in [0, 0.05) is 19.8 Å². The van der Waals surface area contributed by atoms with Gasteiger partial charge >= 0.3 is 5.97 Å². The Morgan fingerprint density at radius 1 is 1.03 bits per heavy atom. The number of amides is 3. The van der Waals surface area contributed by atoms with Crippen molar-refractivity contribution in [2.24, 2.45) is 0 Å². The standard InChI is InChI=1S/C21H21N3O7S/c1-13(24-19(26)16-9-4-5-10-17(16)20(24)27)21(28)31-12-18(25)22-14-7-6-8-15(11-14)32(29,30)23(2)3/h4-11,13H,12H2,1-3H3,(H,22,25)/t13-/m0/s1. The van der Waals surface area contributed by atoms with Gasteiger partial charge in [-0.15, -0.1) is 0 Å². The molecule has 32 heavy (non-hydrogen) atoms. The second-order valence-electron chi connectivity index (χ2n) is 7.17. The summed E-state index contributed by atoms with van der Waals surface area (Å²) in [4.78, 5) is 50.2. The van der Waals surface area contributed by atoms with Crippen LogP contribution in [0.3, 0.4) is 0 Å². The lowest BCUT2D eigenvalue weighted by Crippen LogP contribution is -2.44. The normalized spacial score (nSPS) is 14.3. The van der Waals surface area contributed by atoms with Gasteiger partial charge in [0.05, 0.1) is 16.0 Å². The van der Waals surface area contributed by atoms with Crippen LogP contribution in [0, 0.1) is 0 Å². The molecule has 0 saturated carbocycles. The van der Waals surface area contributed by atoms with Gasteiger partial charge in [0.2, 0.25) is 10.0 Å². The highest BCUT2D eigenvalue weighted by atomic mass is 32.2. The molecule has 0 saturated heterocycles. The maximum absolute atomic E-state index is 12.5. The van der Waals surface area contributed by atoms with Crippen molar-refractivity contribution in [2.45, 2.75) is 17.9 Å². The van der Waals surface area contributed by atoms with Crippen LogP contribution < -0.4 is 5.32 Å². The van der Waals surface area contributed by atoms with E-state index in [-0.39, 0.29) is 21.7 Å². The maximum Gasteiger partial charge on any atom is 0.329 e. The number of nitrogens with one attached hydrogen (secondary N) is 1. The predicted molar refractivity (Wildman–Crippen MR) is 113 cm³/mol. The smallest absolute Gasteiger partial charge is 0.329 e. The molecule has 0 unspecified atom stereocenters. The highest BCUT2D eigenvalue weighted by Gasteiger charge is 2.41. The average Bonchev–Trinajstić information content (AvgIpc) is 3.02. The van der Waals surface area contributed by atoms with E-state index in [1.807, 2.05) is 0 Å². The van der Waals surface area contributed by atoms with E-state index >= 15 is 0 Å². The predicted octanol–water partition coefficient (Wildman–Crippen LogP) is 1.10. The SMILES string of the molecule is C[C@@H](C(=O)OCC(=O)Nc1cccc(S(=O)(=O)N(C)C)c1)N1C(=O)c2ccccc2C1=O. The van der Waals surface area contributed by atoms with E-state index in [0.717, 1.165) is 9.21 Å². The molecule has 11 heteroatoms. The molecule has 1 N–H and O–H groups in total. The first-order valence-corrected chi connectivity index (χ1v) is 10.9. The Morgan fingerprint density at radius 2 is 1.62 bits per heavy atom. The largest absolute Gasteiger partial charge is 0.454 e. The Morgan fingerprint density at radius 3 is 2.19 bits per heavy atom. The fourth-order valence-electron chi connectivity index (χ4n) is 3.06. The number of ether oxygens (including phenoxy) is 1. The second kappa shape index (κ2) is 8.89. The monoisotopic (exact) mass is 459 g/mol. The van der Waals surface area contributed by atoms with E-state index in [4.69, 9.17) is 4.74 Å². The first-order chi connectivity index (χ1) is 15.0. The molecule has 1 atom stereocenters. The molecule has 2 aromatic rings. The fraction of sp³-hybridized carbons (Fsp3) is 0.238. The number of hydrogen-bond donors (Lipinski definition) is 1. The third kappa shape index (κ3) is 4.39. The van der Waals surface area contributed by atoms with Crippen molar-refractivity contribution in [1.82, 2.24) is 9.21 Å². The fourth-order valence-corrected chi connectivity index (χ4v) is 4.01. The Balaban J connectivity index is 1.61. The molecule has 3 amide bonds. The van der Waals surface area contributed by atoms with Crippen molar-refractivity contribution in [3.05, 3.63) is 59.7 Å². The second-order valence-corrected chi connectivity index (χ2v) is 9.32. The summed E-state index contributed by atoms with van der Waals surface area (Å²) in [5.41, 5.74) is 0.590. The molecule has 0 bridgehead atoms. The highest BCUT2D eigenvalue weighted by molar-refractivity contribution is 7.89. The number of esters is 1. The summed E-state index contributed by atoms with van der Waals surface area (Å²) in [7, 11) is -0.918.